The minimum Gasteiger partial charge on any atom is -0.481 e. The molecule has 1 saturated heterocycles. The molecular formula is C14H17Cl2NO2. The van der Waals surface area contributed by atoms with Crippen molar-refractivity contribution in [3.8, 4) is 0 Å². The van der Waals surface area contributed by atoms with Crippen molar-refractivity contribution in [3.05, 3.63) is 33.8 Å². The van der Waals surface area contributed by atoms with Crippen LogP contribution in [0.3, 0.4) is 0 Å². The van der Waals surface area contributed by atoms with E-state index in [1.54, 1.807) is 6.07 Å². The van der Waals surface area contributed by atoms with Gasteiger partial charge in [0.25, 0.3) is 0 Å². The third kappa shape index (κ3) is 2.88. The van der Waals surface area contributed by atoms with Crippen LogP contribution >= 0.6 is 23.2 Å². The molecule has 0 radical (unpaired) electrons. The number of halogens is 2. The highest BCUT2D eigenvalue weighted by molar-refractivity contribution is 6.42. The maximum Gasteiger partial charge on any atom is 0.310 e. The van der Waals surface area contributed by atoms with Gasteiger partial charge in [0, 0.05) is 13.1 Å². The van der Waals surface area contributed by atoms with Crippen molar-refractivity contribution in [1.29, 1.82) is 0 Å². The van der Waals surface area contributed by atoms with E-state index in [2.05, 4.69) is 4.90 Å². The summed E-state index contributed by atoms with van der Waals surface area (Å²) in [5, 5.41) is 10.5. The monoisotopic (exact) mass is 301 g/mol. The van der Waals surface area contributed by atoms with Crippen LogP contribution in [0.4, 0.5) is 0 Å². The summed E-state index contributed by atoms with van der Waals surface area (Å²) in [5.74, 6) is -0.699. The Kier molecular flexibility index (Phi) is 4.39. The highest BCUT2D eigenvalue weighted by Gasteiger charge is 2.43. The third-order valence-electron chi connectivity index (χ3n) is 3.99. The Morgan fingerprint density at radius 1 is 1.47 bits per heavy atom. The molecule has 1 atom stereocenters. The minimum absolute atomic E-state index is 0.540. The van der Waals surface area contributed by atoms with Crippen LogP contribution in [0.15, 0.2) is 18.2 Å². The minimum atomic E-state index is -0.699. The van der Waals surface area contributed by atoms with Crippen LogP contribution in [0.25, 0.3) is 0 Å². The van der Waals surface area contributed by atoms with Crippen LogP contribution in [0, 0.1) is 5.41 Å². The molecule has 1 aliphatic heterocycles. The van der Waals surface area contributed by atoms with Gasteiger partial charge in [-0.15, -0.1) is 0 Å². The lowest BCUT2D eigenvalue weighted by atomic mass is 9.84. The van der Waals surface area contributed by atoms with Crippen LogP contribution in [-0.2, 0) is 11.3 Å². The number of likely N-dealkylation sites (tertiary alicyclic amines) is 1. The van der Waals surface area contributed by atoms with Gasteiger partial charge < -0.3 is 5.11 Å². The van der Waals surface area contributed by atoms with Crippen molar-refractivity contribution in [3.63, 3.8) is 0 Å². The second kappa shape index (κ2) is 5.70. The standard InChI is InChI=1S/C14H17Cl2NO2/c1-2-14(13(18)19)6-7-17(9-14)8-10-4-3-5-11(15)12(10)16/h3-5H,2,6-9H2,1H3,(H,18,19). The number of hydrogen-bond acceptors (Lipinski definition) is 2. The number of carboxylic acid groups (broad SMARTS) is 1. The van der Waals surface area contributed by atoms with Gasteiger partial charge in [-0.05, 0) is 31.0 Å². The van der Waals surface area contributed by atoms with Crippen LogP contribution in [-0.4, -0.2) is 29.1 Å². The summed E-state index contributed by atoms with van der Waals surface area (Å²) in [6.07, 6.45) is 1.35. The van der Waals surface area contributed by atoms with Crippen molar-refractivity contribution in [2.45, 2.75) is 26.3 Å². The molecule has 0 bridgehead atoms. The SMILES string of the molecule is CCC1(C(=O)O)CCN(Cc2cccc(Cl)c2Cl)C1. The summed E-state index contributed by atoms with van der Waals surface area (Å²) in [7, 11) is 0. The van der Waals surface area contributed by atoms with Gasteiger partial charge in [0.1, 0.15) is 0 Å². The van der Waals surface area contributed by atoms with E-state index >= 15 is 0 Å². The predicted octanol–water partition coefficient (Wildman–Crippen LogP) is 3.68. The summed E-state index contributed by atoms with van der Waals surface area (Å²) < 4.78 is 0. The number of carbonyl (C=O) groups is 1. The topological polar surface area (TPSA) is 40.5 Å². The lowest BCUT2D eigenvalue weighted by Gasteiger charge is -2.23. The van der Waals surface area contributed by atoms with Crippen LogP contribution in [0.2, 0.25) is 10.0 Å². The van der Waals surface area contributed by atoms with Gasteiger partial charge in [-0.3, -0.25) is 9.69 Å². The Balaban J connectivity index is 2.10. The van der Waals surface area contributed by atoms with E-state index in [0.717, 1.165) is 12.1 Å². The maximum absolute atomic E-state index is 11.4. The summed E-state index contributed by atoms with van der Waals surface area (Å²) in [4.78, 5) is 13.5. The number of hydrogen-bond donors (Lipinski definition) is 1. The first-order valence-corrected chi connectivity index (χ1v) is 7.13. The fourth-order valence-corrected chi connectivity index (χ4v) is 3.00. The Morgan fingerprint density at radius 2 is 2.21 bits per heavy atom. The van der Waals surface area contributed by atoms with E-state index in [1.165, 1.54) is 0 Å². The van der Waals surface area contributed by atoms with Crippen molar-refractivity contribution >= 4 is 29.2 Å². The lowest BCUT2D eigenvalue weighted by molar-refractivity contribution is -0.148. The third-order valence-corrected chi connectivity index (χ3v) is 4.85. The first-order chi connectivity index (χ1) is 8.98. The highest BCUT2D eigenvalue weighted by atomic mass is 35.5. The lowest BCUT2D eigenvalue weighted by Crippen LogP contribution is -2.33. The Labute approximate surface area is 123 Å². The number of aliphatic carboxylic acids is 1. The molecule has 5 heteroatoms. The first-order valence-electron chi connectivity index (χ1n) is 6.37. The fourth-order valence-electron chi connectivity index (χ4n) is 2.62. The van der Waals surface area contributed by atoms with Gasteiger partial charge in [0.15, 0.2) is 0 Å². The molecule has 0 aliphatic carbocycles. The Bertz CT molecular complexity index is 492. The summed E-state index contributed by atoms with van der Waals surface area (Å²) >= 11 is 12.2. The van der Waals surface area contributed by atoms with Crippen LogP contribution < -0.4 is 0 Å². The van der Waals surface area contributed by atoms with Crippen molar-refractivity contribution in [2.75, 3.05) is 13.1 Å². The number of benzene rings is 1. The molecule has 1 fully saturated rings. The molecule has 0 amide bonds. The van der Waals surface area contributed by atoms with Crippen LogP contribution in [0.1, 0.15) is 25.3 Å². The molecule has 1 aromatic rings. The van der Waals surface area contributed by atoms with E-state index in [4.69, 9.17) is 23.2 Å². The Hall–Kier alpha value is -0.770. The van der Waals surface area contributed by atoms with E-state index in [9.17, 15) is 9.90 Å². The molecule has 1 aliphatic rings. The summed E-state index contributed by atoms with van der Waals surface area (Å²) in [6.45, 7) is 3.93. The van der Waals surface area contributed by atoms with Gasteiger partial charge in [-0.25, -0.2) is 0 Å². The first kappa shape index (κ1) is 14.6. The normalized spacial score (nSPS) is 23.7. The zero-order chi connectivity index (χ0) is 14.0. The summed E-state index contributed by atoms with van der Waals surface area (Å²) in [5.41, 5.74) is 0.344. The molecule has 19 heavy (non-hydrogen) atoms. The summed E-state index contributed by atoms with van der Waals surface area (Å²) in [6, 6.07) is 5.55. The zero-order valence-electron chi connectivity index (χ0n) is 10.8. The Morgan fingerprint density at radius 3 is 2.79 bits per heavy atom. The average molecular weight is 302 g/mol. The van der Waals surface area contributed by atoms with Gasteiger partial charge in [0.05, 0.1) is 15.5 Å². The molecule has 3 nitrogen and oxygen atoms in total. The van der Waals surface area contributed by atoms with Crippen LogP contribution in [0.5, 0.6) is 0 Å². The van der Waals surface area contributed by atoms with Gasteiger partial charge in [-0.2, -0.15) is 0 Å². The second-order valence-corrected chi connectivity index (χ2v) is 5.90. The molecule has 1 heterocycles. The number of rotatable bonds is 4. The molecule has 0 saturated carbocycles. The predicted molar refractivity (Wildman–Crippen MR) is 76.7 cm³/mol. The maximum atomic E-state index is 11.4. The molecule has 104 valence electrons. The van der Waals surface area contributed by atoms with Crippen molar-refractivity contribution < 1.29 is 9.90 Å². The highest BCUT2D eigenvalue weighted by Crippen LogP contribution is 2.36. The smallest absolute Gasteiger partial charge is 0.310 e. The quantitative estimate of drug-likeness (QED) is 0.922. The molecule has 1 unspecified atom stereocenters. The molecule has 0 aromatic heterocycles. The van der Waals surface area contributed by atoms with Crippen molar-refractivity contribution in [1.82, 2.24) is 4.90 Å². The number of nitrogens with zero attached hydrogens (tertiary/aromatic N) is 1. The van der Waals surface area contributed by atoms with Gasteiger partial charge in [0.2, 0.25) is 0 Å². The van der Waals surface area contributed by atoms with Gasteiger partial charge >= 0.3 is 5.97 Å². The van der Waals surface area contributed by atoms with E-state index in [-0.39, 0.29) is 0 Å². The molecule has 0 spiro atoms. The molecular weight excluding hydrogens is 285 g/mol. The largest absolute Gasteiger partial charge is 0.481 e. The molecule has 1 aromatic carbocycles. The molecule has 2 rings (SSSR count). The molecule has 1 N–H and O–H groups in total. The van der Waals surface area contributed by atoms with Crippen molar-refractivity contribution in [2.24, 2.45) is 5.41 Å². The van der Waals surface area contributed by atoms with E-state index in [0.29, 0.717) is 36.0 Å². The number of carboxylic acids is 1. The van der Waals surface area contributed by atoms with E-state index < -0.39 is 11.4 Å². The van der Waals surface area contributed by atoms with E-state index in [1.807, 2.05) is 19.1 Å². The van der Waals surface area contributed by atoms with Gasteiger partial charge in [-0.1, -0.05) is 42.3 Å². The average Bonchev–Trinajstić information content (AvgIpc) is 2.80. The fraction of sp³-hybridized carbons (Fsp3) is 0.500. The zero-order valence-corrected chi connectivity index (χ0v) is 12.3. The second-order valence-electron chi connectivity index (χ2n) is 5.11.